The fourth-order valence-corrected chi connectivity index (χ4v) is 7.36. The lowest BCUT2D eigenvalue weighted by molar-refractivity contribution is 1.08. The molecule has 0 N–H and O–H groups in total. The lowest BCUT2D eigenvalue weighted by atomic mass is 10.0. The minimum absolute atomic E-state index is 0.631. The van der Waals surface area contributed by atoms with Gasteiger partial charge < -0.3 is 0 Å². The van der Waals surface area contributed by atoms with Crippen LogP contribution in [0.2, 0.25) is 0 Å². The van der Waals surface area contributed by atoms with E-state index in [4.69, 9.17) is 19.9 Å². The van der Waals surface area contributed by atoms with Crippen molar-refractivity contribution in [3.8, 4) is 56.5 Å². The molecule has 0 atom stereocenters. The molecule has 0 fully saturated rings. The quantitative estimate of drug-likeness (QED) is 0.193. The molecule has 0 bridgehead atoms. The zero-order valence-corrected chi connectivity index (χ0v) is 26.0. The monoisotopic (exact) mass is 618 g/mol. The molecule has 0 aliphatic carbocycles. The van der Waals surface area contributed by atoms with E-state index in [-0.39, 0.29) is 0 Å². The molecule has 0 saturated carbocycles. The van der Waals surface area contributed by atoms with Crippen LogP contribution in [0.4, 0.5) is 0 Å². The standard InChI is InChI=1S/C42H26N4S/c1-3-11-27(12-4-1)29-15-9-16-30(23-29)40-44-41(31-21-22-32-26-43-36(25-33(32)24-31)28-13-5-2-6-14-28)46-42(45-40)35-18-10-20-38-39(35)34-17-7-8-19-37(34)47-38/h1-26H. The van der Waals surface area contributed by atoms with E-state index in [1.165, 1.54) is 20.2 Å². The van der Waals surface area contributed by atoms with Crippen molar-refractivity contribution in [1.29, 1.82) is 0 Å². The molecule has 0 unspecified atom stereocenters. The number of fused-ring (bicyclic) bond motifs is 4. The average molecular weight is 619 g/mol. The Bertz CT molecular complexity index is 2580. The van der Waals surface area contributed by atoms with Gasteiger partial charge in [0.05, 0.1) is 5.69 Å². The van der Waals surface area contributed by atoms with Crippen LogP contribution in [0.3, 0.4) is 0 Å². The highest BCUT2D eigenvalue weighted by atomic mass is 32.1. The molecular weight excluding hydrogens is 593 g/mol. The number of nitrogens with zero attached hydrogens (tertiary/aromatic N) is 4. The summed E-state index contributed by atoms with van der Waals surface area (Å²) in [5.41, 5.74) is 7.14. The molecule has 9 rings (SSSR count). The molecule has 47 heavy (non-hydrogen) atoms. The molecular formula is C42H26N4S. The van der Waals surface area contributed by atoms with Crippen LogP contribution >= 0.6 is 11.3 Å². The lowest BCUT2D eigenvalue weighted by Gasteiger charge is -2.11. The summed E-state index contributed by atoms with van der Waals surface area (Å²) < 4.78 is 2.46. The van der Waals surface area contributed by atoms with Crippen molar-refractivity contribution in [2.45, 2.75) is 0 Å². The second-order valence-corrected chi connectivity index (χ2v) is 12.6. The first kappa shape index (κ1) is 27.3. The Morgan fingerprint density at radius 1 is 0.404 bits per heavy atom. The molecule has 5 heteroatoms. The van der Waals surface area contributed by atoms with Crippen LogP contribution in [0.15, 0.2) is 158 Å². The normalized spacial score (nSPS) is 11.4. The second kappa shape index (κ2) is 11.4. The Balaban J connectivity index is 1.25. The van der Waals surface area contributed by atoms with Gasteiger partial charge in [0.1, 0.15) is 0 Å². The molecule has 0 saturated heterocycles. The van der Waals surface area contributed by atoms with Gasteiger partial charge in [-0.2, -0.15) is 0 Å². The van der Waals surface area contributed by atoms with Crippen LogP contribution in [0, 0.1) is 0 Å². The van der Waals surface area contributed by atoms with Gasteiger partial charge in [-0.25, -0.2) is 15.0 Å². The topological polar surface area (TPSA) is 51.6 Å². The van der Waals surface area contributed by atoms with Crippen LogP contribution in [-0.2, 0) is 0 Å². The highest BCUT2D eigenvalue weighted by Gasteiger charge is 2.17. The number of pyridine rings is 1. The van der Waals surface area contributed by atoms with Gasteiger partial charge >= 0.3 is 0 Å². The number of aromatic nitrogens is 4. The molecule has 0 radical (unpaired) electrons. The number of hydrogen-bond acceptors (Lipinski definition) is 5. The summed E-state index contributed by atoms with van der Waals surface area (Å²) in [6.07, 6.45) is 1.93. The largest absolute Gasteiger partial charge is 0.256 e. The van der Waals surface area contributed by atoms with Crippen molar-refractivity contribution >= 4 is 42.3 Å². The fraction of sp³-hybridized carbons (Fsp3) is 0. The highest BCUT2D eigenvalue weighted by Crippen LogP contribution is 2.40. The van der Waals surface area contributed by atoms with E-state index in [1.807, 2.05) is 30.5 Å². The van der Waals surface area contributed by atoms with Crippen LogP contribution in [0.5, 0.6) is 0 Å². The van der Waals surface area contributed by atoms with Gasteiger partial charge in [-0.3, -0.25) is 4.98 Å². The third-order valence-electron chi connectivity index (χ3n) is 8.56. The highest BCUT2D eigenvalue weighted by molar-refractivity contribution is 7.25. The molecule has 3 aromatic heterocycles. The van der Waals surface area contributed by atoms with Gasteiger partial charge in [0.15, 0.2) is 17.5 Å². The van der Waals surface area contributed by atoms with Crippen LogP contribution in [0.1, 0.15) is 0 Å². The molecule has 3 heterocycles. The Kier molecular flexibility index (Phi) is 6.61. The average Bonchev–Trinajstić information content (AvgIpc) is 3.54. The van der Waals surface area contributed by atoms with Crippen molar-refractivity contribution in [3.63, 3.8) is 0 Å². The first-order valence-electron chi connectivity index (χ1n) is 15.5. The van der Waals surface area contributed by atoms with Crippen molar-refractivity contribution in [2.24, 2.45) is 0 Å². The number of hydrogen-bond donors (Lipinski definition) is 0. The lowest BCUT2D eigenvalue weighted by Crippen LogP contribution is -2.00. The second-order valence-electron chi connectivity index (χ2n) is 11.5. The molecule has 9 aromatic rings. The van der Waals surface area contributed by atoms with E-state index in [0.717, 1.165) is 49.8 Å². The summed E-state index contributed by atoms with van der Waals surface area (Å²) in [4.78, 5) is 20.2. The van der Waals surface area contributed by atoms with Gasteiger partial charge in [-0.1, -0.05) is 121 Å². The molecule has 0 amide bonds. The zero-order valence-electron chi connectivity index (χ0n) is 25.2. The zero-order chi connectivity index (χ0) is 31.2. The Hall–Kier alpha value is -6.04. The maximum Gasteiger partial charge on any atom is 0.164 e. The number of rotatable bonds is 5. The molecule has 6 aromatic carbocycles. The third-order valence-corrected chi connectivity index (χ3v) is 9.69. The summed E-state index contributed by atoms with van der Waals surface area (Å²) in [5, 5.41) is 4.53. The van der Waals surface area contributed by atoms with Gasteiger partial charge in [-0.05, 0) is 46.8 Å². The van der Waals surface area contributed by atoms with E-state index >= 15 is 0 Å². The number of benzene rings is 6. The minimum atomic E-state index is 0.631. The summed E-state index contributed by atoms with van der Waals surface area (Å²) in [6, 6.07) is 52.5. The van der Waals surface area contributed by atoms with Crippen molar-refractivity contribution in [1.82, 2.24) is 19.9 Å². The first-order valence-corrected chi connectivity index (χ1v) is 16.4. The number of thiophene rings is 1. The van der Waals surface area contributed by atoms with E-state index in [2.05, 4.69) is 127 Å². The smallest absolute Gasteiger partial charge is 0.164 e. The SMILES string of the molecule is c1ccc(-c2cccc(-c3nc(-c4ccc5cnc(-c6ccccc6)cc5c4)nc(-c4cccc5sc6ccccc6c45)n3)c2)cc1. The van der Waals surface area contributed by atoms with Gasteiger partial charge in [-0.15, -0.1) is 11.3 Å². The maximum absolute atomic E-state index is 5.17. The van der Waals surface area contributed by atoms with Crippen molar-refractivity contribution in [2.75, 3.05) is 0 Å². The first-order chi connectivity index (χ1) is 23.3. The van der Waals surface area contributed by atoms with Crippen molar-refractivity contribution < 1.29 is 0 Å². The molecule has 0 aliphatic rings. The maximum atomic E-state index is 5.17. The third kappa shape index (κ3) is 5.03. The van der Waals surface area contributed by atoms with Crippen molar-refractivity contribution in [3.05, 3.63) is 158 Å². The van der Waals surface area contributed by atoms with Crippen LogP contribution in [-0.4, -0.2) is 19.9 Å². The summed E-state index contributed by atoms with van der Waals surface area (Å²) >= 11 is 1.80. The van der Waals surface area contributed by atoms with E-state index in [9.17, 15) is 0 Å². The minimum Gasteiger partial charge on any atom is -0.256 e. The molecule has 220 valence electrons. The Morgan fingerprint density at radius 2 is 1.04 bits per heavy atom. The van der Waals surface area contributed by atoms with E-state index in [1.54, 1.807) is 11.3 Å². The molecule has 4 nitrogen and oxygen atoms in total. The Labute approximate surface area is 275 Å². The van der Waals surface area contributed by atoms with Gasteiger partial charge in [0.25, 0.3) is 0 Å². The predicted molar refractivity (Wildman–Crippen MR) is 195 cm³/mol. The summed E-state index contributed by atoms with van der Waals surface area (Å²) in [5.74, 6) is 1.93. The molecule has 0 aliphatic heterocycles. The van der Waals surface area contributed by atoms with Gasteiger partial charge in [0, 0.05) is 54.0 Å². The van der Waals surface area contributed by atoms with E-state index in [0.29, 0.717) is 17.5 Å². The predicted octanol–water partition coefficient (Wildman–Crippen LogP) is 11.1. The summed E-state index contributed by atoms with van der Waals surface area (Å²) in [6.45, 7) is 0. The Morgan fingerprint density at radius 3 is 1.87 bits per heavy atom. The summed E-state index contributed by atoms with van der Waals surface area (Å²) in [7, 11) is 0. The van der Waals surface area contributed by atoms with Crippen LogP contribution in [0.25, 0.3) is 87.5 Å². The fourth-order valence-electron chi connectivity index (χ4n) is 6.23. The molecule has 0 spiro atoms. The van der Waals surface area contributed by atoms with E-state index < -0.39 is 0 Å². The van der Waals surface area contributed by atoms with Gasteiger partial charge in [0.2, 0.25) is 0 Å². The van der Waals surface area contributed by atoms with Crippen LogP contribution < -0.4 is 0 Å².